The van der Waals surface area contributed by atoms with Crippen LogP contribution in [-0.2, 0) is 10.0 Å². The third kappa shape index (κ3) is 4.26. The van der Waals surface area contributed by atoms with Crippen LogP contribution in [0.4, 0.5) is 11.4 Å². The standard InChI is InChI=1S/C21H19BrN2O3S/c1-15-10-12-17(13-11-15)24(2)28(26,27)18-7-5-6-16(14-18)21(25)23-20-9-4-3-8-19(20)22/h3-14H,1-2H3,(H,23,25). The van der Waals surface area contributed by atoms with Crippen molar-refractivity contribution in [3.05, 3.63) is 88.4 Å². The minimum absolute atomic E-state index is 0.0513. The number of anilines is 2. The molecule has 0 saturated carbocycles. The molecule has 3 aromatic rings. The number of carbonyl (C=O) groups excluding carboxylic acids is 1. The molecule has 0 atom stereocenters. The van der Waals surface area contributed by atoms with Crippen molar-refractivity contribution in [1.82, 2.24) is 0 Å². The third-order valence-corrected chi connectivity index (χ3v) is 6.75. The zero-order valence-electron chi connectivity index (χ0n) is 15.4. The van der Waals surface area contributed by atoms with Gasteiger partial charge in [0.2, 0.25) is 0 Å². The second-order valence-electron chi connectivity index (χ2n) is 6.27. The number of halogens is 1. The van der Waals surface area contributed by atoms with Gasteiger partial charge in [0.15, 0.2) is 0 Å². The first-order valence-electron chi connectivity index (χ1n) is 8.50. The van der Waals surface area contributed by atoms with Crippen molar-refractivity contribution < 1.29 is 13.2 Å². The van der Waals surface area contributed by atoms with E-state index in [0.717, 1.165) is 10.0 Å². The molecule has 0 spiro atoms. The summed E-state index contributed by atoms with van der Waals surface area (Å²) >= 11 is 3.38. The zero-order valence-corrected chi connectivity index (χ0v) is 17.8. The van der Waals surface area contributed by atoms with Crippen LogP contribution in [0.15, 0.2) is 82.2 Å². The Balaban J connectivity index is 1.88. The van der Waals surface area contributed by atoms with Gasteiger partial charge in [0, 0.05) is 17.1 Å². The number of nitrogens with zero attached hydrogens (tertiary/aromatic N) is 1. The van der Waals surface area contributed by atoms with E-state index in [-0.39, 0.29) is 16.4 Å². The fraction of sp³-hybridized carbons (Fsp3) is 0.0952. The van der Waals surface area contributed by atoms with Gasteiger partial charge in [-0.05, 0) is 65.3 Å². The number of para-hydroxylation sites is 1. The molecule has 5 nitrogen and oxygen atoms in total. The summed E-state index contributed by atoms with van der Waals surface area (Å²) in [6, 6.07) is 20.4. The molecule has 1 N–H and O–H groups in total. The van der Waals surface area contributed by atoms with Gasteiger partial charge >= 0.3 is 0 Å². The Morgan fingerprint density at radius 1 is 0.964 bits per heavy atom. The van der Waals surface area contributed by atoms with Crippen molar-refractivity contribution in [3.63, 3.8) is 0 Å². The lowest BCUT2D eigenvalue weighted by atomic mass is 10.2. The van der Waals surface area contributed by atoms with E-state index in [2.05, 4.69) is 21.2 Å². The predicted octanol–water partition coefficient (Wildman–Crippen LogP) is 4.83. The highest BCUT2D eigenvalue weighted by atomic mass is 79.9. The van der Waals surface area contributed by atoms with Crippen LogP contribution < -0.4 is 9.62 Å². The van der Waals surface area contributed by atoms with E-state index in [0.29, 0.717) is 11.4 Å². The molecule has 0 aromatic heterocycles. The fourth-order valence-electron chi connectivity index (χ4n) is 2.61. The number of carbonyl (C=O) groups is 1. The van der Waals surface area contributed by atoms with E-state index in [1.807, 2.05) is 31.2 Å². The maximum Gasteiger partial charge on any atom is 0.264 e. The number of nitrogens with one attached hydrogen (secondary N) is 1. The van der Waals surface area contributed by atoms with Crippen LogP contribution in [0.1, 0.15) is 15.9 Å². The van der Waals surface area contributed by atoms with Crippen LogP contribution in [0.25, 0.3) is 0 Å². The van der Waals surface area contributed by atoms with E-state index in [4.69, 9.17) is 0 Å². The minimum atomic E-state index is -3.80. The number of aryl methyl sites for hydroxylation is 1. The number of hydrogen-bond donors (Lipinski definition) is 1. The maximum atomic E-state index is 13.0. The average Bonchev–Trinajstić information content (AvgIpc) is 2.70. The van der Waals surface area contributed by atoms with Gasteiger partial charge < -0.3 is 5.32 Å². The number of rotatable bonds is 5. The van der Waals surface area contributed by atoms with Crippen LogP contribution in [0, 0.1) is 6.92 Å². The fourth-order valence-corrected chi connectivity index (χ4v) is 4.23. The summed E-state index contributed by atoms with van der Waals surface area (Å²) in [6.45, 7) is 1.94. The Morgan fingerprint density at radius 2 is 1.64 bits per heavy atom. The van der Waals surface area contributed by atoms with E-state index in [1.54, 1.807) is 36.4 Å². The SMILES string of the molecule is Cc1ccc(N(C)S(=O)(=O)c2cccc(C(=O)Nc3ccccc3Br)c2)cc1. The van der Waals surface area contributed by atoms with Gasteiger partial charge in [-0.15, -0.1) is 0 Å². The number of hydrogen-bond acceptors (Lipinski definition) is 3. The quantitative estimate of drug-likeness (QED) is 0.594. The Hall–Kier alpha value is -2.64. The zero-order chi connectivity index (χ0) is 20.3. The number of sulfonamides is 1. The van der Waals surface area contributed by atoms with Gasteiger partial charge in [-0.25, -0.2) is 8.42 Å². The van der Waals surface area contributed by atoms with Crippen LogP contribution in [-0.4, -0.2) is 21.4 Å². The molecule has 3 aromatic carbocycles. The second-order valence-corrected chi connectivity index (χ2v) is 9.09. The first-order valence-corrected chi connectivity index (χ1v) is 10.7. The highest BCUT2D eigenvalue weighted by Gasteiger charge is 2.22. The largest absolute Gasteiger partial charge is 0.321 e. The summed E-state index contributed by atoms with van der Waals surface area (Å²) < 4.78 is 27.9. The molecule has 0 bridgehead atoms. The van der Waals surface area contributed by atoms with E-state index in [9.17, 15) is 13.2 Å². The number of benzene rings is 3. The molecule has 0 saturated heterocycles. The topological polar surface area (TPSA) is 66.5 Å². The Morgan fingerprint density at radius 3 is 2.32 bits per heavy atom. The van der Waals surface area contributed by atoms with Crippen molar-refractivity contribution in [2.24, 2.45) is 0 Å². The lowest BCUT2D eigenvalue weighted by Crippen LogP contribution is -2.26. The van der Waals surface area contributed by atoms with Crippen molar-refractivity contribution in [2.75, 3.05) is 16.7 Å². The molecule has 0 fully saturated rings. The Labute approximate surface area is 173 Å². The summed E-state index contributed by atoms with van der Waals surface area (Å²) in [4.78, 5) is 12.6. The molecule has 0 aliphatic carbocycles. The Bertz CT molecular complexity index is 1110. The summed E-state index contributed by atoms with van der Waals surface area (Å²) in [5.41, 5.74) is 2.46. The predicted molar refractivity (Wildman–Crippen MR) is 115 cm³/mol. The van der Waals surface area contributed by atoms with Crippen molar-refractivity contribution >= 4 is 43.2 Å². The summed E-state index contributed by atoms with van der Waals surface area (Å²) in [5.74, 6) is -0.387. The normalized spacial score (nSPS) is 11.1. The maximum absolute atomic E-state index is 13.0. The van der Waals surface area contributed by atoms with Crippen LogP contribution >= 0.6 is 15.9 Å². The smallest absolute Gasteiger partial charge is 0.264 e. The molecule has 1 amide bonds. The highest BCUT2D eigenvalue weighted by Crippen LogP contribution is 2.25. The van der Waals surface area contributed by atoms with Gasteiger partial charge in [0.25, 0.3) is 15.9 Å². The molecule has 28 heavy (non-hydrogen) atoms. The summed E-state index contributed by atoms with van der Waals surface area (Å²) in [6.07, 6.45) is 0. The van der Waals surface area contributed by atoms with Gasteiger partial charge in [-0.1, -0.05) is 35.9 Å². The molecule has 144 valence electrons. The average molecular weight is 459 g/mol. The molecular formula is C21H19BrN2O3S. The third-order valence-electron chi connectivity index (χ3n) is 4.27. The molecule has 0 radical (unpaired) electrons. The summed E-state index contributed by atoms with van der Waals surface area (Å²) in [5, 5.41) is 2.78. The molecule has 0 heterocycles. The molecule has 3 rings (SSSR count). The van der Waals surface area contributed by atoms with Crippen molar-refractivity contribution in [1.29, 1.82) is 0 Å². The van der Waals surface area contributed by atoms with Crippen LogP contribution in [0.2, 0.25) is 0 Å². The second kappa shape index (κ2) is 8.16. The van der Waals surface area contributed by atoms with Crippen LogP contribution in [0.5, 0.6) is 0 Å². The Kier molecular flexibility index (Phi) is 5.86. The lowest BCUT2D eigenvalue weighted by molar-refractivity contribution is 0.102. The van der Waals surface area contributed by atoms with Gasteiger partial charge in [-0.3, -0.25) is 9.10 Å². The number of amides is 1. The van der Waals surface area contributed by atoms with Gasteiger partial charge in [0.1, 0.15) is 0 Å². The van der Waals surface area contributed by atoms with Crippen molar-refractivity contribution in [2.45, 2.75) is 11.8 Å². The monoisotopic (exact) mass is 458 g/mol. The molecule has 0 unspecified atom stereocenters. The van der Waals surface area contributed by atoms with E-state index < -0.39 is 10.0 Å². The molecule has 7 heteroatoms. The van der Waals surface area contributed by atoms with Crippen LogP contribution in [0.3, 0.4) is 0 Å². The van der Waals surface area contributed by atoms with E-state index >= 15 is 0 Å². The van der Waals surface area contributed by atoms with Crippen molar-refractivity contribution in [3.8, 4) is 0 Å². The van der Waals surface area contributed by atoms with Gasteiger partial charge in [-0.2, -0.15) is 0 Å². The first-order chi connectivity index (χ1) is 13.3. The minimum Gasteiger partial charge on any atom is -0.321 e. The first kappa shape index (κ1) is 20.1. The molecular weight excluding hydrogens is 440 g/mol. The molecule has 0 aliphatic rings. The van der Waals surface area contributed by atoms with Gasteiger partial charge in [0.05, 0.1) is 16.3 Å². The molecule has 0 aliphatic heterocycles. The lowest BCUT2D eigenvalue weighted by Gasteiger charge is -2.20. The summed E-state index contributed by atoms with van der Waals surface area (Å²) in [7, 11) is -2.30. The van der Waals surface area contributed by atoms with E-state index in [1.165, 1.54) is 23.5 Å². The highest BCUT2D eigenvalue weighted by molar-refractivity contribution is 9.10.